The third-order valence-electron chi connectivity index (χ3n) is 2.30. The summed E-state index contributed by atoms with van der Waals surface area (Å²) in [5.74, 6) is 0.812. The fraction of sp³-hybridized carbons (Fsp3) is 0.154. The number of aryl methyl sites for hydroxylation is 1. The van der Waals surface area contributed by atoms with Crippen molar-refractivity contribution in [2.24, 2.45) is 0 Å². The van der Waals surface area contributed by atoms with Crippen LogP contribution in [0.3, 0.4) is 0 Å². The van der Waals surface area contributed by atoms with Crippen molar-refractivity contribution in [3.05, 3.63) is 57.3 Å². The van der Waals surface area contributed by atoms with Crippen molar-refractivity contribution in [3.8, 4) is 5.75 Å². The molecule has 0 aliphatic carbocycles. The maximum atomic E-state index is 5.95. The molecule has 0 bridgehead atoms. The number of aromatic nitrogens is 1. The number of halogens is 2. The molecule has 1 aromatic carbocycles. The van der Waals surface area contributed by atoms with Crippen LogP contribution in [0, 0.1) is 6.92 Å². The Morgan fingerprint density at radius 1 is 1.29 bits per heavy atom. The van der Waals surface area contributed by atoms with Gasteiger partial charge in [0.2, 0.25) is 0 Å². The van der Waals surface area contributed by atoms with Crippen molar-refractivity contribution < 1.29 is 4.74 Å². The Bertz CT molecular complexity index is 531. The summed E-state index contributed by atoms with van der Waals surface area (Å²) in [7, 11) is 0. The van der Waals surface area contributed by atoms with Gasteiger partial charge in [0.15, 0.2) is 0 Å². The van der Waals surface area contributed by atoms with Crippen LogP contribution < -0.4 is 4.74 Å². The molecule has 0 fully saturated rings. The van der Waals surface area contributed by atoms with Crippen LogP contribution in [0.25, 0.3) is 0 Å². The number of rotatable bonds is 3. The average Bonchev–Trinajstić information content (AvgIpc) is 2.31. The van der Waals surface area contributed by atoms with Gasteiger partial charge in [-0.25, -0.2) is 0 Å². The summed E-state index contributed by atoms with van der Waals surface area (Å²) in [6.07, 6.45) is 3.53. The second-order valence-corrected chi connectivity index (χ2v) is 5.03. The molecule has 2 nitrogen and oxygen atoms in total. The van der Waals surface area contributed by atoms with Gasteiger partial charge in [-0.05, 0) is 52.7 Å². The van der Waals surface area contributed by atoms with E-state index in [0.717, 1.165) is 26.4 Å². The summed E-state index contributed by atoms with van der Waals surface area (Å²) >= 11 is 9.32. The van der Waals surface area contributed by atoms with Crippen LogP contribution in [0.2, 0.25) is 5.02 Å². The summed E-state index contributed by atoms with van der Waals surface area (Å²) in [5, 5.41) is 0.751. The lowest BCUT2D eigenvalue weighted by Crippen LogP contribution is -1.96. The molecule has 0 radical (unpaired) electrons. The van der Waals surface area contributed by atoms with Crippen molar-refractivity contribution in [1.29, 1.82) is 0 Å². The molecule has 1 aromatic heterocycles. The van der Waals surface area contributed by atoms with Crippen molar-refractivity contribution in [2.45, 2.75) is 13.5 Å². The summed E-state index contributed by atoms with van der Waals surface area (Å²) in [6.45, 7) is 2.45. The third kappa shape index (κ3) is 3.45. The van der Waals surface area contributed by atoms with Crippen LogP contribution in [0.5, 0.6) is 5.75 Å². The minimum atomic E-state index is 0.494. The standard InChI is InChI=1S/C13H11BrClNO/c1-9-4-12(2-3-13(9)15)17-8-10-5-11(14)7-16-6-10/h2-7H,8H2,1H3. The van der Waals surface area contributed by atoms with Crippen LogP contribution in [0.4, 0.5) is 0 Å². The molecule has 0 aliphatic rings. The molecule has 88 valence electrons. The minimum Gasteiger partial charge on any atom is -0.489 e. The topological polar surface area (TPSA) is 22.1 Å². The summed E-state index contributed by atoms with van der Waals surface area (Å²) in [6, 6.07) is 7.61. The quantitative estimate of drug-likeness (QED) is 0.839. The number of ether oxygens (including phenoxy) is 1. The second-order valence-electron chi connectivity index (χ2n) is 3.71. The first-order valence-corrected chi connectivity index (χ1v) is 6.30. The van der Waals surface area contributed by atoms with Gasteiger partial charge >= 0.3 is 0 Å². The normalized spacial score (nSPS) is 10.3. The zero-order valence-electron chi connectivity index (χ0n) is 9.28. The summed E-state index contributed by atoms with van der Waals surface area (Å²) in [5.41, 5.74) is 2.03. The van der Waals surface area contributed by atoms with Gasteiger partial charge in [-0.1, -0.05) is 11.6 Å². The van der Waals surface area contributed by atoms with E-state index >= 15 is 0 Å². The lowest BCUT2D eigenvalue weighted by molar-refractivity contribution is 0.305. The Balaban J connectivity index is 2.05. The van der Waals surface area contributed by atoms with E-state index in [1.54, 1.807) is 12.4 Å². The monoisotopic (exact) mass is 311 g/mol. The smallest absolute Gasteiger partial charge is 0.120 e. The molecule has 17 heavy (non-hydrogen) atoms. The van der Waals surface area contributed by atoms with Gasteiger partial charge in [0, 0.05) is 27.5 Å². The maximum absolute atomic E-state index is 5.95. The van der Waals surface area contributed by atoms with Crippen LogP contribution in [0.1, 0.15) is 11.1 Å². The SMILES string of the molecule is Cc1cc(OCc2cncc(Br)c2)ccc1Cl. The van der Waals surface area contributed by atoms with Gasteiger partial charge in [0.1, 0.15) is 12.4 Å². The van der Waals surface area contributed by atoms with Gasteiger partial charge in [-0.3, -0.25) is 4.98 Å². The number of pyridine rings is 1. The highest BCUT2D eigenvalue weighted by Crippen LogP contribution is 2.22. The largest absolute Gasteiger partial charge is 0.489 e. The molecular formula is C13H11BrClNO. The van der Waals surface area contributed by atoms with Crippen molar-refractivity contribution in [1.82, 2.24) is 4.98 Å². The van der Waals surface area contributed by atoms with Crippen LogP contribution in [-0.2, 0) is 6.61 Å². The van der Waals surface area contributed by atoms with E-state index in [1.165, 1.54) is 0 Å². The van der Waals surface area contributed by atoms with Crippen LogP contribution in [0.15, 0.2) is 41.1 Å². The Labute approximate surface area is 114 Å². The van der Waals surface area contributed by atoms with Gasteiger partial charge < -0.3 is 4.74 Å². The Morgan fingerprint density at radius 2 is 2.12 bits per heavy atom. The molecule has 4 heteroatoms. The highest BCUT2D eigenvalue weighted by Gasteiger charge is 2.00. The first kappa shape index (κ1) is 12.4. The predicted molar refractivity (Wildman–Crippen MR) is 72.5 cm³/mol. The number of hydrogen-bond acceptors (Lipinski definition) is 2. The van der Waals surface area contributed by atoms with E-state index in [2.05, 4.69) is 20.9 Å². The number of nitrogens with zero attached hydrogens (tertiary/aromatic N) is 1. The van der Waals surface area contributed by atoms with E-state index in [0.29, 0.717) is 6.61 Å². The van der Waals surface area contributed by atoms with Gasteiger partial charge in [-0.15, -0.1) is 0 Å². The highest BCUT2D eigenvalue weighted by molar-refractivity contribution is 9.10. The first-order chi connectivity index (χ1) is 8.15. The summed E-state index contributed by atoms with van der Waals surface area (Å²) < 4.78 is 6.61. The highest BCUT2D eigenvalue weighted by atomic mass is 79.9. The lowest BCUT2D eigenvalue weighted by atomic mass is 10.2. The van der Waals surface area contributed by atoms with Crippen LogP contribution >= 0.6 is 27.5 Å². The fourth-order valence-electron chi connectivity index (χ4n) is 1.41. The van der Waals surface area contributed by atoms with E-state index in [-0.39, 0.29) is 0 Å². The zero-order valence-corrected chi connectivity index (χ0v) is 11.6. The lowest BCUT2D eigenvalue weighted by Gasteiger charge is -2.07. The van der Waals surface area contributed by atoms with Gasteiger partial charge in [0.25, 0.3) is 0 Å². The molecule has 0 saturated carbocycles. The molecule has 0 aliphatic heterocycles. The maximum Gasteiger partial charge on any atom is 0.120 e. The van der Waals surface area contributed by atoms with Gasteiger partial charge in [-0.2, -0.15) is 0 Å². The first-order valence-electron chi connectivity index (χ1n) is 5.13. The second kappa shape index (κ2) is 5.52. The minimum absolute atomic E-state index is 0.494. The Hall–Kier alpha value is -1.06. The van der Waals surface area contributed by atoms with Crippen molar-refractivity contribution >= 4 is 27.5 Å². The third-order valence-corrected chi connectivity index (χ3v) is 3.15. The summed E-state index contributed by atoms with van der Waals surface area (Å²) in [4.78, 5) is 4.08. The molecule has 0 spiro atoms. The predicted octanol–water partition coefficient (Wildman–Crippen LogP) is 4.38. The molecule has 2 aromatic rings. The Kier molecular flexibility index (Phi) is 4.02. The Morgan fingerprint density at radius 3 is 2.82 bits per heavy atom. The average molecular weight is 313 g/mol. The molecule has 0 N–H and O–H groups in total. The molecule has 0 saturated heterocycles. The van der Waals surface area contributed by atoms with Gasteiger partial charge in [0.05, 0.1) is 0 Å². The van der Waals surface area contributed by atoms with E-state index in [4.69, 9.17) is 16.3 Å². The van der Waals surface area contributed by atoms with E-state index < -0.39 is 0 Å². The van der Waals surface area contributed by atoms with Crippen molar-refractivity contribution in [3.63, 3.8) is 0 Å². The molecule has 1 heterocycles. The van der Waals surface area contributed by atoms with E-state index in [9.17, 15) is 0 Å². The van der Waals surface area contributed by atoms with Crippen molar-refractivity contribution in [2.75, 3.05) is 0 Å². The fourth-order valence-corrected chi connectivity index (χ4v) is 1.94. The number of benzene rings is 1. The molecular weight excluding hydrogens is 302 g/mol. The molecule has 2 rings (SSSR count). The molecule has 0 unspecified atom stereocenters. The molecule has 0 atom stereocenters. The number of hydrogen-bond donors (Lipinski definition) is 0. The zero-order chi connectivity index (χ0) is 12.3. The van der Waals surface area contributed by atoms with E-state index in [1.807, 2.05) is 31.2 Å². The molecule has 0 amide bonds. The van der Waals surface area contributed by atoms with Crippen LogP contribution in [-0.4, -0.2) is 4.98 Å².